The molecule has 0 fully saturated rings. The van der Waals surface area contributed by atoms with Crippen LogP contribution in [0.5, 0.6) is 0 Å². The lowest BCUT2D eigenvalue weighted by molar-refractivity contribution is -0.384. The topological polar surface area (TPSA) is 85.3 Å². The van der Waals surface area contributed by atoms with Gasteiger partial charge in [0, 0.05) is 25.7 Å². The number of anilines is 1. The molecule has 8 heteroatoms. The molecule has 0 saturated heterocycles. The van der Waals surface area contributed by atoms with Crippen molar-refractivity contribution in [2.75, 3.05) is 19.0 Å². The zero-order valence-corrected chi connectivity index (χ0v) is 15.8. The second-order valence-corrected chi connectivity index (χ2v) is 6.54. The van der Waals surface area contributed by atoms with E-state index < -0.39 is 4.92 Å². The van der Waals surface area contributed by atoms with E-state index in [0.717, 1.165) is 11.1 Å². The number of rotatable bonds is 5. The third-order valence-electron chi connectivity index (χ3n) is 3.99. The average molecular weight is 385 g/mol. The Bertz CT molecular complexity index is 1030. The molecular weight excluding hydrogens is 368 g/mol. The van der Waals surface area contributed by atoms with Gasteiger partial charge in [-0.25, -0.2) is 0 Å². The molecule has 0 N–H and O–H groups in total. The molecule has 0 bridgehead atoms. The second kappa shape index (κ2) is 7.59. The number of nitro groups is 1. The summed E-state index contributed by atoms with van der Waals surface area (Å²) in [5.74, 6) is 0.581. The molecule has 138 valence electrons. The minimum atomic E-state index is -0.427. The number of hydrogen-bond acceptors (Lipinski definition) is 6. The van der Waals surface area contributed by atoms with Crippen molar-refractivity contribution in [2.24, 2.45) is 0 Å². The van der Waals surface area contributed by atoms with E-state index in [1.165, 1.54) is 6.07 Å². The SMILES string of the molecule is Cc1ccccc1-c1noc(/C(Cl)=C/c2ccc(N(C)C)c([N+](=O)[O-])c2)n1. The van der Waals surface area contributed by atoms with Crippen LogP contribution in [-0.2, 0) is 0 Å². The zero-order chi connectivity index (χ0) is 19.6. The first kappa shape index (κ1) is 18.6. The summed E-state index contributed by atoms with van der Waals surface area (Å²) in [5.41, 5.74) is 2.92. The van der Waals surface area contributed by atoms with Crippen LogP contribution in [0.4, 0.5) is 11.4 Å². The van der Waals surface area contributed by atoms with Gasteiger partial charge in [0.25, 0.3) is 11.6 Å². The third-order valence-corrected chi connectivity index (χ3v) is 4.26. The van der Waals surface area contributed by atoms with E-state index in [4.69, 9.17) is 16.1 Å². The fourth-order valence-corrected chi connectivity index (χ4v) is 2.82. The summed E-state index contributed by atoms with van der Waals surface area (Å²) >= 11 is 6.30. The summed E-state index contributed by atoms with van der Waals surface area (Å²) in [6, 6.07) is 12.5. The van der Waals surface area contributed by atoms with Crippen molar-refractivity contribution in [2.45, 2.75) is 6.92 Å². The Balaban J connectivity index is 1.94. The number of aromatic nitrogens is 2. The largest absolute Gasteiger partial charge is 0.372 e. The number of nitro benzene ring substituents is 1. The maximum atomic E-state index is 11.3. The van der Waals surface area contributed by atoms with Gasteiger partial charge in [-0.1, -0.05) is 47.1 Å². The minimum absolute atomic E-state index is 0.00987. The van der Waals surface area contributed by atoms with Gasteiger partial charge in [-0.3, -0.25) is 10.1 Å². The number of halogens is 1. The fraction of sp³-hybridized carbons (Fsp3) is 0.158. The lowest BCUT2D eigenvalue weighted by atomic mass is 10.1. The van der Waals surface area contributed by atoms with E-state index in [1.54, 1.807) is 37.2 Å². The molecular formula is C19H17ClN4O3. The monoisotopic (exact) mass is 384 g/mol. The van der Waals surface area contributed by atoms with Crippen LogP contribution >= 0.6 is 11.6 Å². The predicted octanol–water partition coefficient (Wildman–Crippen LogP) is 4.76. The maximum absolute atomic E-state index is 11.3. The van der Waals surface area contributed by atoms with E-state index in [-0.39, 0.29) is 16.6 Å². The van der Waals surface area contributed by atoms with Crippen molar-refractivity contribution in [1.82, 2.24) is 10.1 Å². The average Bonchev–Trinajstić information content (AvgIpc) is 3.11. The molecule has 2 aromatic carbocycles. The van der Waals surface area contributed by atoms with Gasteiger partial charge in [-0.05, 0) is 30.2 Å². The van der Waals surface area contributed by atoms with Crippen LogP contribution < -0.4 is 4.90 Å². The Kier molecular flexibility index (Phi) is 5.23. The highest BCUT2D eigenvalue weighted by Gasteiger charge is 2.17. The molecule has 0 aliphatic rings. The van der Waals surface area contributed by atoms with E-state index in [2.05, 4.69) is 10.1 Å². The van der Waals surface area contributed by atoms with Gasteiger partial charge in [0.2, 0.25) is 5.82 Å². The summed E-state index contributed by atoms with van der Waals surface area (Å²) in [7, 11) is 3.49. The van der Waals surface area contributed by atoms with Crippen LogP contribution in [-0.4, -0.2) is 29.2 Å². The maximum Gasteiger partial charge on any atom is 0.293 e. The summed E-state index contributed by atoms with van der Waals surface area (Å²) in [4.78, 5) is 16.9. The molecule has 3 aromatic rings. The molecule has 0 aliphatic heterocycles. The quantitative estimate of drug-likeness (QED) is 0.466. The number of aryl methyl sites for hydroxylation is 1. The normalized spacial score (nSPS) is 11.5. The van der Waals surface area contributed by atoms with Crippen molar-refractivity contribution in [3.05, 3.63) is 69.6 Å². The Morgan fingerprint density at radius 1 is 1.26 bits per heavy atom. The summed E-state index contributed by atoms with van der Waals surface area (Å²) < 4.78 is 5.24. The van der Waals surface area contributed by atoms with Crippen LogP contribution in [0, 0.1) is 17.0 Å². The molecule has 1 heterocycles. The van der Waals surface area contributed by atoms with Crippen LogP contribution in [0.2, 0.25) is 0 Å². The minimum Gasteiger partial charge on any atom is -0.372 e. The van der Waals surface area contributed by atoms with E-state index in [0.29, 0.717) is 17.1 Å². The summed E-state index contributed by atoms with van der Waals surface area (Å²) in [5, 5.41) is 15.5. The molecule has 27 heavy (non-hydrogen) atoms. The van der Waals surface area contributed by atoms with Gasteiger partial charge < -0.3 is 9.42 Å². The molecule has 0 unspecified atom stereocenters. The number of benzene rings is 2. The van der Waals surface area contributed by atoms with E-state index in [1.807, 2.05) is 31.2 Å². The smallest absolute Gasteiger partial charge is 0.293 e. The van der Waals surface area contributed by atoms with Gasteiger partial charge >= 0.3 is 0 Å². The molecule has 0 spiro atoms. The molecule has 0 amide bonds. The number of nitrogens with zero attached hydrogens (tertiary/aromatic N) is 4. The Morgan fingerprint density at radius 3 is 2.67 bits per heavy atom. The predicted molar refractivity (Wildman–Crippen MR) is 106 cm³/mol. The first-order chi connectivity index (χ1) is 12.9. The lowest BCUT2D eigenvalue weighted by Gasteiger charge is -2.12. The van der Waals surface area contributed by atoms with Gasteiger partial charge in [0.05, 0.1) is 4.92 Å². The van der Waals surface area contributed by atoms with Crippen LogP contribution in [0.25, 0.3) is 22.5 Å². The van der Waals surface area contributed by atoms with Crippen LogP contribution in [0.3, 0.4) is 0 Å². The first-order valence-electron chi connectivity index (χ1n) is 8.10. The summed E-state index contributed by atoms with van der Waals surface area (Å²) in [6.45, 7) is 1.95. The van der Waals surface area contributed by atoms with Crippen LogP contribution in [0.15, 0.2) is 47.0 Å². The van der Waals surface area contributed by atoms with Crippen molar-refractivity contribution >= 4 is 34.1 Å². The number of hydrogen-bond donors (Lipinski definition) is 0. The Labute approximate surface area is 161 Å². The highest BCUT2D eigenvalue weighted by Crippen LogP contribution is 2.30. The van der Waals surface area contributed by atoms with Crippen molar-refractivity contribution in [1.29, 1.82) is 0 Å². The highest BCUT2D eigenvalue weighted by molar-refractivity contribution is 6.50. The standard InChI is InChI=1S/C19H17ClN4O3/c1-12-6-4-5-7-14(12)18-21-19(27-22-18)15(20)10-13-8-9-16(23(2)3)17(11-13)24(25)26/h4-11H,1-3H3/b15-10-. The Morgan fingerprint density at radius 2 is 2.00 bits per heavy atom. The van der Waals surface area contributed by atoms with Crippen LogP contribution in [0.1, 0.15) is 17.0 Å². The Hall–Kier alpha value is -3.19. The molecule has 1 aromatic heterocycles. The second-order valence-electron chi connectivity index (χ2n) is 6.13. The van der Waals surface area contributed by atoms with E-state index >= 15 is 0 Å². The van der Waals surface area contributed by atoms with Gasteiger partial charge in [0.1, 0.15) is 10.7 Å². The summed E-state index contributed by atoms with van der Waals surface area (Å²) in [6.07, 6.45) is 1.56. The van der Waals surface area contributed by atoms with Crippen molar-refractivity contribution in [3.8, 4) is 11.4 Å². The molecule has 0 saturated carbocycles. The molecule has 0 atom stereocenters. The van der Waals surface area contributed by atoms with Gasteiger partial charge in [-0.15, -0.1) is 0 Å². The molecule has 0 aliphatic carbocycles. The van der Waals surface area contributed by atoms with Crippen molar-refractivity contribution < 1.29 is 9.45 Å². The fourth-order valence-electron chi connectivity index (χ4n) is 2.62. The molecule has 0 radical (unpaired) electrons. The highest BCUT2D eigenvalue weighted by atomic mass is 35.5. The van der Waals surface area contributed by atoms with Gasteiger partial charge in [0.15, 0.2) is 0 Å². The third kappa shape index (κ3) is 3.98. The molecule has 7 nitrogen and oxygen atoms in total. The molecule has 3 rings (SSSR count). The van der Waals surface area contributed by atoms with E-state index in [9.17, 15) is 10.1 Å². The zero-order valence-electron chi connectivity index (χ0n) is 15.0. The lowest BCUT2D eigenvalue weighted by Crippen LogP contribution is -2.10. The van der Waals surface area contributed by atoms with Gasteiger partial charge in [-0.2, -0.15) is 4.98 Å². The first-order valence-corrected chi connectivity index (χ1v) is 8.47. The van der Waals surface area contributed by atoms with Crippen molar-refractivity contribution in [3.63, 3.8) is 0 Å².